The van der Waals surface area contributed by atoms with Crippen molar-refractivity contribution in [3.8, 4) is 0 Å². The molecule has 112 valence electrons. The molecule has 2 rings (SSSR count). The molecule has 22 heavy (non-hydrogen) atoms. The van der Waals surface area contributed by atoms with Crippen LogP contribution in [0.5, 0.6) is 0 Å². The van der Waals surface area contributed by atoms with Crippen molar-refractivity contribution in [2.45, 2.75) is 6.92 Å². The highest BCUT2D eigenvalue weighted by Crippen LogP contribution is 2.06. The van der Waals surface area contributed by atoms with E-state index in [2.05, 4.69) is 10.9 Å². The van der Waals surface area contributed by atoms with Crippen molar-refractivity contribution in [3.63, 3.8) is 0 Å². The van der Waals surface area contributed by atoms with Gasteiger partial charge in [-0.1, -0.05) is 30.3 Å². The highest BCUT2D eigenvalue weighted by molar-refractivity contribution is 5.98. The fourth-order valence-electron chi connectivity index (χ4n) is 1.84. The van der Waals surface area contributed by atoms with E-state index in [0.717, 1.165) is 5.56 Å². The summed E-state index contributed by atoms with van der Waals surface area (Å²) in [6.07, 6.45) is 2.67. The summed E-state index contributed by atoms with van der Waals surface area (Å²) >= 11 is 0. The molecule has 4 nitrogen and oxygen atoms in total. The maximum atomic E-state index is 13.0. The second-order valence-corrected chi connectivity index (χ2v) is 4.65. The summed E-state index contributed by atoms with van der Waals surface area (Å²) in [7, 11) is 0. The Kier molecular flexibility index (Phi) is 5.03. The highest BCUT2D eigenvalue weighted by atomic mass is 19.1. The molecule has 0 unspecified atom stereocenters. The predicted octanol–water partition coefficient (Wildman–Crippen LogP) is 2.61. The Morgan fingerprint density at radius 2 is 1.82 bits per heavy atom. The molecule has 0 saturated heterocycles. The minimum Gasteiger partial charge on any atom is -0.268 e. The summed E-state index contributed by atoms with van der Waals surface area (Å²) in [6.45, 7) is 1.81. The van der Waals surface area contributed by atoms with Gasteiger partial charge in [0.1, 0.15) is 5.82 Å². The number of hydrogen-bond donors (Lipinski definition) is 2. The number of carbonyl (C=O) groups excluding carboxylic acids is 2. The third kappa shape index (κ3) is 4.28. The van der Waals surface area contributed by atoms with Crippen LogP contribution in [0.15, 0.2) is 54.6 Å². The van der Waals surface area contributed by atoms with Crippen molar-refractivity contribution in [2.24, 2.45) is 0 Å². The van der Waals surface area contributed by atoms with Gasteiger partial charge in [0, 0.05) is 11.6 Å². The molecule has 0 aromatic heterocycles. The molecule has 0 heterocycles. The number of amides is 2. The highest BCUT2D eigenvalue weighted by Gasteiger charge is 2.07. The quantitative estimate of drug-likeness (QED) is 0.676. The molecule has 0 fully saturated rings. The number of benzene rings is 2. The van der Waals surface area contributed by atoms with Crippen LogP contribution >= 0.6 is 0 Å². The zero-order valence-corrected chi connectivity index (χ0v) is 12.0. The van der Waals surface area contributed by atoms with Crippen LogP contribution in [0.4, 0.5) is 4.39 Å². The molecule has 0 atom stereocenters. The first kappa shape index (κ1) is 15.4. The van der Waals surface area contributed by atoms with Crippen LogP contribution in [0.3, 0.4) is 0 Å². The summed E-state index contributed by atoms with van der Waals surface area (Å²) in [5.74, 6) is -1.28. The summed E-state index contributed by atoms with van der Waals surface area (Å²) in [4.78, 5) is 23.5. The fraction of sp³-hybridized carbons (Fsp3) is 0.0588. The van der Waals surface area contributed by atoms with Gasteiger partial charge < -0.3 is 0 Å². The molecule has 0 aliphatic heterocycles. The maximum Gasteiger partial charge on any atom is 0.269 e. The summed E-state index contributed by atoms with van der Waals surface area (Å²) in [5.41, 5.74) is 6.45. The molecule has 0 bridgehead atoms. The van der Waals surface area contributed by atoms with E-state index >= 15 is 0 Å². The molecule has 0 radical (unpaired) electrons. The standard InChI is InChI=1S/C17H15FN2O2/c1-12-5-2-3-8-15(12)17(22)20-19-16(21)10-9-13-6-4-7-14(18)11-13/h2-11H,1H3,(H,19,21)(H,20,22)/b10-9+. The van der Waals surface area contributed by atoms with Gasteiger partial charge in [-0.15, -0.1) is 0 Å². The minimum absolute atomic E-state index is 0.379. The predicted molar refractivity (Wildman–Crippen MR) is 82.2 cm³/mol. The third-order valence-corrected chi connectivity index (χ3v) is 2.96. The Labute approximate surface area is 127 Å². The fourth-order valence-corrected chi connectivity index (χ4v) is 1.84. The summed E-state index contributed by atoms with van der Waals surface area (Å²) in [6, 6.07) is 12.9. The largest absolute Gasteiger partial charge is 0.269 e. The lowest BCUT2D eigenvalue weighted by molar-refractivity contribution is -0.117. The van der Waals surface area contributed by atoms with Crippen LogP contribution in [0.2, 0.25) is 0 Å². The smallest absolute Gasteiger partial charge is 0.268 e. The van der Waals surface area contributed by atoms with E-state index < -0.39 is 11.8 Å². The molecule has 0 aliphatic carbocycles. The Balaban J connectivity index is 1.90. The van der Waals surface area contributed by atoms with E-state index in [1.165, 1.54) is 24.3 Å². The Hall–Kier alpha value is -2.95. The van der Waals surface area contributed by atoms with E-state index in [-0.39, 0.29) is 5.82 Å². The molecular weight excluding hydrogens is 283 g/mol. The van der Waals surface area contributed by atoms with Gasteiger partial charge in [-0.2, -0.15) is 0 Å². The van der Waals surface area contributed by atoms with Gasteiger partial charge in [0.15, 0.2) is 0 Å². The SMILES string of the molecule is Cc1ccccc1C(=O)NNC(=O)/C=C/c1cccc(F)c1. The van der Waals surface area contributed by atoms with E-state index in [1.54, 1.807) is 37.3 Å². The molecule has 0 spiro atoms. The molecule has 2 N–H and O–H groups in total. The van der Waals surface area contributed by atoms with Crippen molar-refractivity contribution < 1.29 is 14.0 Å². The Bertz CT molecular complexity index is 726. The van der Waals surface area contributed by atoms with Crippen LogP contribution < -0.4 is 10.9 Å². The zero-order valence-electron chi connectivity index (χ0n) is 12.0. The molecule has 2 aromatic rings. The second-order valence-electron chi connectivity index (χ2n) is 4.65. The van der Waals surface area contributed by atoms with Crippen molar-refractivity contribution in [1.82, 2.24) is 10.9 Å². The average molecular weight is 298 g/mol. The van der Waals surface area contributed by atoms with Crippen LogP contribution in [-0.2, 0) is 4.79 Å². The lowest BCUT2D eigenvalue weighted by Gasteiger charge is -2.07. The first-order valence-electron chi connectivity index (χ1n) is 6.66. The van der Waals surface area contributed by atoms with Gasteiger partial charge in [0.05, 0.1) is 0 Å². The molecule has 0 saturated carbocycles. The number of nitrogens with one attached hydrogen (secondary N) is 2. The van der Waals surface area contributed by atoms with Crippen molar-refractivity contribution in [2.75, 3.05) is 0 Å². The van der Waals surface area contributed by atoms with E-state index in [9.17, 15) is 14.0 Å². The zero-order chi connectivity index (χ0) is 15.9. The number of carbonyl (C=O) groups is 2. The number of aryl methyl sites for hydroxylation is 1. The van der Waals surface area contributed by atoms with Gasteiger partial charge in [-0.3, -0.25) is 20.4 Å². The molecule has 0 aliphatic rings. The number of rotatable bonds is 3. The average Bonchev–Trinajstić information content (AvgIpc) is 2.51. The van der Waals surface area contributed by atoms with E-state index in [4.69, 9.17) is 0 Å². The van der Waals surface area contributed by atoms with E-state index in [1.807, 2.05) is 6.07 Å². The number of hydrazine groups is 1. The first-order chi connectivity index (χ1) is 10.6. The monoisotopic (exact) mass is 298 g/mol. The summed E-state index contributed by atoms with van der Waals surface area (Å²) < 4.78 is 13.0. The number of hydrogen-bond acceptors (Lipinski definition) is 2. The van der Waals surface area contributed by atoms with Crippen molar-refractivity contribution in [1.29, 1.82) is 0 Å². The van der Waals surface area contributed by atoms with Crippen LogP contribution in [-0.4, -0.2) is 11.8 Å². The normalized spacial score (nSPS) is 10.5. The van der Waals surface area contributed by atoms with Crippen LogP contribution in [0, 0.1) is 12.7 Å². The van der Waals surface area contributed by atoms with E-state index in [0.29, 0.717) is 11.1 Å². The first-order valence-corrected chi connectivity index (χ1v) is 6.66. The molecule has 5 heteroatoms. The maximum absolute atomic E-state index is 13.0. The summed E-state index contributed by atoms with van der Waals surface area (Å²) in [5, 5.41) is 0. The van der Waals surface area contributed by atoms with Crippen molar-refractivity contribution >= 4 is 17.9 Å². The third-order valence-electron chi connectivity index (χ3n) is 2.96. The Morgan fingerprint density at radius 3 is 2.55 bits per heavy atom. The number of halogens is 1. The van der Waals surface area contributed by atoms with Gasteiger partial charge in [0.25, 0.3) is 11.8 Å². The Morgan fingerprint density at radius 1 is 1.05 bits per heavy atom. The van der Waals surface area contributed by atoms with Crippen LogP contribution in [0.1, 0.15) is 21.5 Å². The second kappa shape index (κ2) is 7.17. The van der Waals surface area contributed by atoms with Gasteiger partial charge in [0.2, 0.25) is 0 Å². The van der Waals surface area contributed by atoms with Gasteiger partial charge >= 0.3 is 0 Å². The minimum atomic E-state index is -0.508. The molecule has 2 aromatic carbocycles. The van der Waals surface area contributed by atoms with Crippen LogP contribution in [0.25, 0.3) is 6.08 Å². The van der Waals surface area contributed by atoms with Gasteiger partial charge in [-0.25, -0.2) is 4.39 Å². The topological polar surface area (TPSA) is 58.2 Å². The molecule has 2 amide bonds. The lowest BCUT2D eigenvalue weighted by Crippen LogP contribution is -2.41. The molecular formula is C17H15FN2O2. The van der Waals surface area contributed by atoms with Gasteiger partial charge in [-0.05, 0) is 42.3 Å². The van der Waals surface area contributed by atoms with Crippen molar-refractivity contribution in [3.05, 3.63) is 77.1 Å². The lowest BCUT2D eigenvalue weighted by atomic mass is 10.1.